The van der Waals surface area contributed by atoms with Gasteiger partial charge in [0.15, 0.2) is 11.5 Å². The van der Waals surface area contributed by atoms with E-state index in [-0.39, 0.29) is 37.0 Å². The standard InChI is InChI=1S/C36H44ClN3O5/c1-23(2)45-33-20-31-26(18-32(33)43-4)19-34(41)40(36(31)25-8-10-27(37)11-9-25)30-16-14-29(15-17-30)39(3)22-24-6-12-28(13-7-24)38-21-35(42)44-5/h8-11,14-18,20,23-24,28,36,38H,6-7,12-13,19,21-22H2,1-5H3. The van der Waals surface area contributed by atoms with Crippen LogP contribution in [-0.2, 0) is 20.7 Å². The maximum Gasteiger partial charge on any atom is 0.319 e. The second-order valence-electron chi connectivity index (χ2n) is 12.3. The van der Waals surface area contributed by atoms with Crippen LogP contribution in [0.5, 0.6) is 11.5 Å². The van der Waals surface area contributed by atoms with Gasteiger partial charge in [0, 0.05) is 36.0 Å². The van der Waals surface area contributed by atoms with Gasteiger partial charge in [0.2, 0.25) is 5.91 Å². The van der Waals surface area contributed by atoms with E-state index < -0.39 is 0 Å². The number of carbonyl (C=O) groups excluding carboxylic acids is 2. The molecule has 3 aromatic carbocycles. The van der Waals surface area contributed by atoms with Crippen molar-refractivity contribution in [3.63, 3.8) is 0 Å². The molecule has 0 aromatic heterocycles. The molecule has 1 saturated carbocycles. The van der Waals surface area contributed by atoms with Crippen molar-refractivity contribution >= 4 is 34.9 Å². The lowest BCUT2D eigenvalue weighted by Gasteiger charge is -2.38. The van der Waals surface area contributed by atoms with Gasteiger partial charge in [-0.25, -0.2) is 0 Å². The van der Waals surface area contributed by atoms with Gasteiger partial charge in [0.05, 0.1) is 39.3 Å². The van der Waals surface area contributed by atoms with E-state index in [0.717, 1.165) is 60.3 Å². The number of methoxy groups -OCH3 is 2. The van der Waals surface area contributed by atoms with E-state index in [1.54, 1.807) is 7.11 Å². The van der Waals surface area contributed by atoms with Gasteiger partial charge in [0.25, 0.3) is 0 Å². The van der Waals surface area contributed by atoms with Gasteiger partial charge < -0.3 is 29.3 Å². The van der Waals surface area contributed by atoms with Crippen molar-refractivity contribution in [2.75, 3.05) is 44.2 Å². The summed E-state index contributed by atoms with van der Waals surface area (Å²) in [7, 11) is 5.16. The zero-order valence-corrected chi connectivity index (χ0v) is 27.6. The molecule has 1 heterocycles. The number of rotatable bonds is 11. The highest BCUT2D eigenvalue weighted by Gasteiger charge is 2.36. The third-order valence-electron chi connectivity index (χ3n) is 8.85. The first-order valence-electron chi connectivity index (χ1n) is 15.7. The summed E-state index contributed by atoms with van der Waals surface area (Å²) in [5, 5.41) is 3.96. The number of esters is 1. The molecule has 3 aromatic rings. The second-order valence-corrected chi connectivity index (χ2v) is 12.8. The lowest BCUT2D eigenvalue weighted by molar-refractivity contribution is -0.139. The number of nitrogens with zero attached hydrogens (tertiary/aromatic N) is 2. The van der Waals surface area contributed by atoms with Crippen molar-refractivity contribution in [1.29, 1.82) is 0 Å². The Labute approximate surface area is 271 Å². The molecule has 1 aliphatic heterocycles. The highest BCUT2D eigenvalue weighted by atomic mass is 35.5. The molecule has 8 nitrogen and oxygen atoms in total. The molecule has 5 rings (SSSR count). The first-order valence-corrected chi connectivity index (χ1v) is 16.1. The van der Waals surface area contributed by atoms with Crippen LogP contribution < -0.4 is 24.6 Å². The third kappa shape index (κ3) is 7.74. The van der Waals surface area contributed by atoms with Gasteiger partial charge in [-0.1, -0.05) is 23.7 Å². The molecule has 1 aliphatic carbocycles. The number of fused-ring (bicyclic) bond motifs is 1. The van der Waals surface area contributed by atoms with Gasteiger partial charge in [-0.05, 0) is 111 Å². The molecule has 0 spiro atoms. The summed E-state index contributed by atoms with van der Waals surface area (Å²) in [6.07, 6.45) is 4.55. The largest absolute Gasteiger partial charge is 0.493 e. The zero-order chi connectivity index (χ0) is 32.1. The molecule has 0 radical (unpaired) electrons. The highest BCUT2D eigenvalue weighted by Crippen LogP contribution is 2.44. The molecular formula is C36H44ClN3O5. The lowest BCUT2D eigenvalue weighted by Crippen LogP contribution is -2.41. The summed E-state index contributed by atoms with van der Waals surface area (Å²) in [6, 6.07) is 19.9. The summed E-state index contributed by atoms with van der Waals surface area (Å²) in [5.74, 6) is 1.65. The van der Waals surface area contributed by atoms with Crippen LogP contribution in [0.3, 0.4) is 0 Å². The lowest BCUT2D eigenvalue weighted by atomic mass is 9.85. The SMILES string of the molecule is COC(=O)CNC1CCC(CN(C)c2ccc(N3C(=O)Cc4cc(OC)c(OC(C)C)cc4C3c3ccc(Cl)cc3)cc2)CC1. The quantitative estimate of drug-likeness (QED) is 0.239. The molecule has 1 amide bonds. The number of amides is 1. The molecule has 1 unspecified atom stereocenters. The average Bonchev–Trinajstić information content (AvgIpc) is 3.04. The molecule has 9 heteroatoms. The summed E-state index contributed by atoms with van der Waals surface area (Å²) < 4.78 is 16.5. The van der Waals surface area contributed by atoms with Crippen LogP contribution in [0.2, 0.25) is 5.02 Å². The molecular weight excluding hydrogens is 590 g/mol. The van der Waals surface area contributed by atoms with E-state index >= 15 is 0 Å². The minimum atomic E-state index is -0.356. The fourth-order valence-electron chi connectivity index (χ4n) is 6.54. The van der Waals surface area contributed by atoms with E-state index in [1.165, 1.54) is 7.11 Å². The van der Waals surface area contributed by atoms with Crippen LogP contribution in [0.1, 0.15) is 62.3 Å². The van der Waals surface area contributed by atoms with E-state index in [1.807, 2.05) is 67.3 Å². The maximum atomic E-state index is 13.9. The molecule has 0 bridgehead atoms. The van der Waals surface area contributed by atoms with Crippen molar-refractivity contribution in [2.45, 2.75) is 64.1 Å². The fraction of sp³-hybridized carbons (Fsp3) is 0.444. The van der Waals surface area contributed by atoms with Crippen molar-refractivity contribution in [3.8, 4) is 11.5 Å². The Morgan fingerprint density at radius 2 is 1.69 bits per heavy atom. The van der Waals surface area contributed by atoms with Crippen LogP contribution in [0.25, 0.3) is 0 Å². The normalized spacial score (nSPS) is 19.7. The van der Waals surface area contributed by atoms with Gasteiger partial charge in [-0.2, -0.15) is 0 Å². The van der Waals surface area contributed by atoms with E-state index in [4.69, 9.17) is 25.8 Å². The van der Waals surface area contributed by atoms with Crippen LogP contribution in [0.15, 0.2) is 60.7 Å². The molecule has 1 fully saturated rings. The van der Waals surface area contributed by atoms with E-state index in [2.05, 4.69) is 29.4 Å². The van der Waals surface area contributed by atoms with E-state index in [9.17, 15) is 9.59 Å². The predicted molar refractivity (Wildman–Crippen MR) is 179 cm³/mol. The number of benzene rings is 3. The number of carbonyl (C=O) groups is 2. The van der Waals surface area contributed by atoms with Crippen LogP contribution in [0, 0.1) is 5.92 Å². The smallest absolute Gasteiger partial charge is 0.319 e. The Morgan fingerprint density at radius 1 is 1.00 bits per heavy atom. The third-order valence-corrected chi connectivity index (χ3v) is 9.10. The molecule has 1 N–H and O–H groups in total. The van der Waals surface area contributed by atoms with Gasteiger partial charge in [-0.15, -0.1) is 0 Å². The van der Waals surface area contributed by atoms with Crippen LogP contribution in [-0.4, -0.2) is 58.4 Å². The molecule has 1 atom stereocenters. The second kappa shape index (κ2) is 14.6. The Hall–Kier alpha value is -3.75. The minimum absolute atomic E-state index is 0.0145. The molecule has 45 heavy (non-hydrogen) atoms. The van der Waals surface area contributed by atoms with Crippen molar-refractivity contribution in [2.24, 2.45) is 5.92 Å². The Kier molecular flexibility index (Phi) is 10.6. The number of anilines is 2. The topological polar surface area (TPSA) is 80.3 Å². The van der Waals surface area contributed by atoms with Crippen molar-refractivity contribution < 1.29 is 23.8 Å². The first-order chi connectivity index (χ1) is 21.7. The van der Waals surface area contributed by atoms with Gasteiger partial charge in [-0.3, -0.25) is 9.59 Å². The average molecular weight is 634 g/mol. The number of nitrogens with one attached hydrogen (secondary N) is 1. The maximum absolute atomic E-state index is 13.9. The highest BCUT2D eigenvalue weighted by molar-refractivity contribution is 6.30. The monoisotopic (exact) mass is 633 g/mol. The number of halogens is 1. The van der Waals surface area contributed by atoms with Crippen LogP contribution >= 0.6 is 11.6 Å². The Bertz CT molecular complexity index is 1470. The number of ether oxygens (including phenoxy) is 3. The first kappa shape index (κ1) is 32.6. The van der Waals surface area contributed by atoms with Gasteiger partial charge >= 0.3 is 5.97 Å². The molecule has 0 saturated heterocycles. The van der Waals surface area contributed by atoms with Gasteiger partial charge in [0.1, 0.15) is 0 Å². The van der Waals surface area contributed by atoms with Crippen molar-refractivity contribution in [3.05, 3.63) is 82.4 Å². The summed E-state index contributed by atoms with van der Waals surface area (Å²) in [5.41, 5.74) is 4.84. The zero-order valence-electron chi connectivity index (χ0n) is 26.8. The Morgan fingerprint density at radius 3 is 2.31 bits per heavy atom. The summed E-state index contributed by atoms with van der Waals surface area (Å²) >= 11 is 6.27. The van der Waals surface area contributed by atoms with Crippen molar-refractivity contribution in [1.82, 2.24) is 5.32 Å². The fourth-order valence-corrected chi connectivity index (χ4v) is 6.66. The Balaban J connectivity index is 1.36. The molecule has 240 valence electrons. The summed E-state index contributed by atoms with van der Waals surface area (Å²) in [4.78, 5) is 29.5. The minimum Gasteiger partial charge on any atom is -0.493 e. The predicted octanol–water partition coefficient (Wildman–Crippen LogP) is 6.57. The number of hydrogen-bond acceptors (Lipinski definition) is 7. The van der Waals surface area contributed by atoms with E-state index in [0.29, 0.717) is 28.5 Å². The summed E-state index contributed by atoms with van der Waals surface area (Å²) in [6.45, 7) is 5.19. The van der Waals surface area contributed by atoms with Crippen LogP contribution in [0.4, 0.5) is 11.4 Å². The molecule has 2 aliphatic rings. The number of hydrogen-bond donors (Lipinski definition) is 1.